The molecule has 4 heteroatoms. The van der Waals surface area contributed by atoms with Crippen molar-refractivity contribution in [2.45, 2.75) is 13.3 Å². The van der Waals surface area contributed by atoms with Crippen LogP contribution in [0.5, 0.6) is 5.75 Å². The molecule has 0 aromatic heterocycles. The van der Waals surface area contributed by atoms with Gasteiger partial charge in [0.15, 0.2) is 0 Å². The summed E-state index contributed by atoms with van der Waals surface area (Å²) in [5, 5.41) is 2.75. The minimum Gasteiger partial charge on any atom is -0.492 e. The molecule has 1 aliphatic rings. The third-order valence-electron chi connectivity index (χ3n) is 2.16. The summed E-state index contributed by atoms with van der Waals surface area (Å²) in [6, 6.07) is 3.57. The first-order valence-electron chi connectivity index (χ1n) is 4.55. The molecule has 0 saturated heterocycles. The highest BCUT2D eigenvalue weighted by Crippen LogP contribution is 2.32. The van der Waals surface area contributed by atoms with Crippen LogP contribution in [0.2, 0.25) is 0 Å². The second-order valence-electron chi connectivity index (χ2n) is 3.21. The normalized spacial score (nSPS) is 13.6. The first kappa shape index (κ1) is 8.87. The average Bonchev–Trinajstić information content (AvgIpc) is 2.45. The summed E-state index contributed by atoms with van der Waals surface area (Å²) in [6.45, 7) is 2.46. The summed E-state index contributed by atoms with van der Waals surface area (Å²) in [7, 11) is 0. The summed E-state index contributed by atoms with van der Waals surface area (Å²) in [5.74, 6) is 0.640. The van der Waals surface area contributed by atoms with Gasteiger partial charge in [0.25, 0.3) is 0 Å². The van der Waals surface area contributed by atoms with Crippen molar-refractivity contribution in [2.75, 3.05) is 17.7 Å². The number of anilines is 2. The van der Waals surface area contributed by atoms with Crippen molar-refractivity contribution < 1.29 is 9.53 Å². The fourth-order valence-corrected chi connectivity index (χ4v) is 1.55. The van der Waals surface area contributed by atoms with Gasteiger partial charge in [-0.2, -0.15) is 0 Å². The number of hydrogen-bond acceptors (Lipinski definition) is 3. The van der Waals surface area contributed by atoms with Crippen LogP contribution in [0.4, 0.5) is 11.4 Å². The number of nitrogens with two attached hydrogens (primary N) is 1. The number of fused-ring (bicyclic) bond motifs is 1. The smallest absolute Gasteiger partial charge is 0.228 e. The summed E-state index contributed by atoms with van der Waals surface area (Å²) >= 11 is 0. The third kappa shape index (κ3) is 1.39. The van der Waals surface area contributed by atoms with Crippen molar-refractivity contribution in [3.05, 3.63) is 17.7 Å². The Morgan fingerprint density at radius 2 is 2.36 bits per heavy atom. The maximum Gasteiger partial charge on any atom is 0.228 e. The molecule has 0 aliphatic carbocycles. The van der Waals surface area contributed by atoms with Crippen molar-refractivity contribution in [2.24, 2.45) is 0 Å². The van der Waals surface area contributed by atoms with Crippen LogP contribution in [0.1, 0.15) is 12.5 Å². The topological polar surface area (TPSA) is 64.3 Å². The van der Waals surface area contributed by atoms with Crippen LogP contribution in [0.15, 0.2) is 12.1 Å². The monoisotopic (exact) mass is 192 g/mol. The van der Waals surface area contributed by atoms with Gasteiger partial charge in [-0.25, -0.2) is 0 Å². The van der Waals surface area contributed by atoms with E-state index in [-0.39, 0.29) is 5.91 Å². The van der Waals surface area contributed by atoms with Crippen molar-refractivity contribution in [1.29, 1.82) is 0 Å². The number of benzene rings is 1. The van der Waals surface area contributed by atoms with E-state index in [2.05, 4.69) is 5.32 Å². The van der Waals surface area contributed by atoms with Crippen LogP contribution < -0.4 is 15.8 Å². The highest BCUT2D eigenvalue weighted by Gasteiger charge is 2.19. The minimum absolute atomic E-state index is 0.00745. The van der Waals surface area contributed by atoms with E-state index < -0.39 is 0 Å². The summed E-state index contributed by atoms with van der Waals surface area (Å²) in [4.78, 5) is 11.1. The van der Waals surface area contributed by atoms with E-state index in [9.17, 15) is 4.79 Å². The van der Waals surface area contributed by atoms with Gasteiger partial charge in [0.1, 0.15) is 5.75 Å². The standard InChI is InChI=1S/C10H12N2O2/c1-2-14-9-5-8-6(3-7(9)11)4-10(13)12-8/h3,5H,2,4,11H2,1H3,(H,12,13). The number of nitrogens with one attached hydrogen (secondary N) is 1. The molecular formula is C10H12N2O2. The quantitative estimate of drug-likeness (QED) is 0.691. The molecule has 1 aliphatic heterocycles. The maximum atomic E-state index is 11.1. The number of nitrogen functional groups attached to an aromatic ring is 1. The Bertz CT molecular complexity index is 388. The Hall–Kier alpha value is -1.71. The number of amides is 1. The van der Waals surface area contributed by atoms with Crippen molar-refractivity contribution in [3.63, 3.8) is 0 Å². The minimum atomic E-state index is 0.00745. The number of rotatable bonds is 2. The van der Waals surface area contributed by atoms with Gasteiger partial charge in [-0.15, -0.1) is 0 Å². The van der Waals surface area contributed by atoms with Crippen LogP contribution >= 0.6 is 0 Å². The van der Waals surface area contributed by atoms with Gasteiger partial charge >= 0.3 is 0 Å². The lowest BCUT2D eigenvalue weighted by Gasteiger charge is -2.08. The zero-order chi connectivity index (χ0) is 10.1. The van der Waals surface area contributed by atoms with Crippen molar-refractivity contribution in [3.8, 4) is 5.75 Å². The fourth-order valence-electron chi connectivity index (χ4n) is 1.55. The van der Waals surface area contributed by atoms with Gasteiger partial charge in [-0.05, 0) is 18.6 Å². The van der Waals surface area contributed by atoms with E-state index >= 15 is 0 Å². The molecule has 0 radical (unpaired) electrons. The van der Waals surface area contributed by atoms with E-state index in [0.29, 0.717) is 24.5 Å². The summed E-state index contributed by atoms with van der Waals surface area (Å²) in [5.41, 5.74) is 8.10. The first-order chi connectivity index (χ1) is 6.70. The largest absolute Gasteiger partial charge is 0.492 e. The summed E-state index contributed by atoms with van der Waals surface area (Å²) < 4.78 is 5.32. The zero-order valence-electron chi connectivity index (χ0n) is 7.96. The molecule has 2 rings (SSSR count). The Labute approximate surface area is 82.1 Å². The molecular weight excluding hydrogens is 180 g/mol. The second-order valence-corrected chi connectivity index (χ2v) is 3.21. The van der Waals surface area contributed by atoms with E-state index in [1.165, 1.54) is 0 Å². The number of carbonyl (C=O) groups is 1. The highest BCUT2D eigenvalue weighted by molar-refractivity contribution is 6.00. The van der Waals surface area contributed by atoms with E-state index in [0.717, 1.165) is 11.3 Å². The van der Waals surface area contributed by atoms with Gasteiger partial charge < -0.3 is 15.8 Å². The lowest BCUT2D eigenvalue weighted by atomic mass is 10.1. The lowest BCUT2D eigenvalue weighted by molar-refractivity contribution is -0.115. The van der Waals surface area contributed by atoms with E-state index in [1.54, 1.807) is 12.1 Å². The van der Waals surface area contributed by atoms with Crippen LogP contribution in [0.25, 0.3) is 0 Å². The average molecular weight is 192 g/mol. The number of carbonyl (C=O) groups excluding carboxylic acids is 1. The Morgan fingerprint density at radius 1 is 1.57 bits per heavy atom. The predicted octanol–water partition coefficient (Wildman–Crippen LogP) is 1.16. The molecule has 1 heterocycles. The van der Waals surface area contributed by atoms with E-state index in [4.69, 9.17) is 10.5 Å². The van der Waals surface area contributed by atoms with Crippen LogP contribution in [0.3, 0.4) is 0 Å². The molecule has 0 fully saturated rings. The lowest BCUT2D eigenvalue weighted by Crippen LogP contribution is -2.03. The molecule has 74 valence electrons. The molecule has 4 nitrogen and oxygen atoms in total. The molecule has 3 N–H and O–H groups in total. The fraction of sp³-hybridized carbons (Fsp3) is 0.300. The number of hydrogen-bond donors (Lipinski definition) is 2. The van der Waals surface area contributed by atoms with Gasteiger partial charge in [-0.1, -0.05) is 0 Å². The van der Waals surface area contributed by atoms with Crippen LogP contribution in [-0.4, -0.2) is 12.5 Å². The zero-order valence-corrected chi connectivity index (χ0v) is 7.96. The molecule has 14 heavy (non-hydrogen) atoms. The Kier molecular flexibility index (Phi) is 2.04. The molecule has 1 aromatic carbocycles. The second kappa shape index (κ2) is 3.21. The Morgan fingerprint density at radius 3 is 3.07 bits per heavy atom. The molecule has 1 aromatic rings. The SMILES string of the molecule is CCOc1cc2c(cc1N)CC(=O)N2. The number of ether oxygens (including phenoxy) is 1. The molecule has 0 spiro atoms. The van der Waals surface area contributed by atoms with Gasteiger partial charge in [0.05, 0.1) is 18.7 Å². The Balaban J connectivity index is 2.39. The predicted molar refractivity (Wildman–Crippen MR) is 54.4 cm³/mol. The summed E-state index contributed by atoms with van der Waals surface area (Å²) in [6.07, 6.45) is 0.409. The van der Waals surface area contributed by atoms with Gasteiger partial charge in [0.2, 0.25) is 5.91 Å². The molecule has 0 atom stereocenters. The van der Waals surface area contributed by atoms with Crippen molar-refractivity contribution >= 4 is 17.3 Å². The highest BCUT2D eigenvalue weighted by atomic mass is 16.5. The van der Waals surface area contributed by atoms with Crippen LogP contribution in [0, 0.1) is 0 Å². The third-order valence-corrected chi connectivity index (χ3v) is 2.16. The molecule has 1 amide bonds. The van der Waals surface area contributed by atoms with Gasteiger partial charge in [0, 0.05) is 11.8 Å². The molecule has 0 saturated carbocycles. The first-order valence-corrected chi connectivity index (χ1v) is 4.55. The molecule has 0 unspecified atom stereocenters. The van der Waals surface area contributed by atoms with E-state index in [1.807, 2.05) is 6.92 Å². The van der Waals surface area contributed by atoms with Gasteiger partial charge in [-0.3, -0.25) is 4.79 Å². The maximum absolute atomic E-state index is 11.1. The van der Waals surface area contributed by atoms with Crippen molar-refractivity contribution in [1.82, 2.24) is 0 Å². The van der Waals surface area contributed by atoms with Crippen LogP contribution in [-0.2, 0) is 11.2 Å². The molecule has 0 bridgehead atoms.